The summed E-state index contributed by atoms with van der Waals surface area (Å²) >= 11 is 0. The van der Waals surface area contributed by atoms with Crippen LogP contribution >= 0.6 is 0 Å². The van der Waals surface area contributed by atoms with Crippen molar-refractivity contribution in [2.75, 3.05) is 39.8 Å². The molecule has 0 bridgehead atoms. The molecular weight excluding hydrogens is 373 g/mol. The molecule has 158 valence electrons. The lowest BCUT2D eigenvalue weighted by molar-refractivity contribution is 0.169. The number of piperazine rings is 1. The van der Waals surface area contributed by atoms with Gasteiger partial charge in [-0.05, 0) is 31.5 Å². The number of guanidine groups is 1. The molecule has 0 unspecified atom stereocenters. The van der Waals surface area contributed by atoms with Gasteiger partial charge in [-0.2, -0.15) is 0 Å². The van der Waals surface area contributed by atoms with E-state index in [-0.39, 0.29) is 12.4 Å². The molecule has 1 aromatic heterocycles. The quantitative estimate of drug-likeness (QED) is 0.566. The Labute approximate surface area is 171 Å². The topological polar surface area (TPSA) is 66.1 Å². The second-order valence-electron chi connectivity index (χ2n) is 7.22. The maximum absolute atomic E-state index is 13.8. The monoisotopic (exact) mass is 403 g/mol. The standard InChI is InChI=1S/C21H30FN5O2/c1-4-23-21(24-13-17-5-6-20(22)18(12-17)15-28-3)27-9-7-26(8-10-27)14-19-11-16(2)29-25-19/h5-6,11-12H,4,7-10,13-15H2,1-3H3,(H,23,24). The van der Waals surface area contributed by atoms with Crippen molar-refractivity contribution in [3.05, 3.63) is 52.7 Å². The first-order chi connectivity index (χ1) is 14.1. The molecule has 2 heterocycles. The Kier molecular flexibility index (Phi) is 7.60. The fourth-order valence-electron chi connectivity index (χ4n) is 3.42. The largest absolute Gasteiger partial charge is 0.380 e. The number of aryl methyl sites for hydroxylation is 1. The van der Waals surface area contributed by atoms with Crippen LogP contribution in [0.25, 0.3) is 0 Å². The van der Waals surface area contributed by atoms with Crippen LogP contribution in [-0.4, -0.2) is 60.7 Å². The minimum Gasteiger partial charge on any atom is -0.380 e. The fraction of sp³-hybridized carbons (Fsp3) is 0.524. The van der Waals surface area contributed by atoms with Crippen molar-refractivity contribution >= 4 is 5.96 Å². The summed E-state index contributed by atoms with van der Waals surface area (Å²) in [6, 6.07) is 7.07. The van der Waals surface area contributed by atoms with E-state index in [1.165, 1.54) is 6.07 Å². The van der Waals surface area contributed by atoms with Crippen LogP contribution in [0.2, 0.25) is 0 Å². The van der Waals surface area contributed by atoms with Gasteiger partial charge in [0, 0.05) is 58.0 Å². The number of nitrogens with zero attached hydrogens (tertiary/aromatic N) is 4. The summed E-state index contributed by atoms with van der Waals surface area (Å²) in [5, 5.41) is 7.45. The van der Waals surface area contributed by atoms with Crippen molar-refractivity contribution in [3.8, 4) is 0 Å². The third kappa shape index (κ3) is 6.01. The van der Waals surface area contributed by atoms with E-state index in [2.05, 4.69) is 27.2 Å². The third-order valence-corrected chi connectivity index (χ3v) is 4.89. The molecule has 7 nitrogen and oxygen atoms in total. The van der Waals surface area contributed by atoms with Crippen LogP contribution in [0.1, 0.15) is 29.5 Å². The Hall–Kier alpha value is -2.45. The number of aliphatic imine (C=N–C) groups is 1. The SMILES string of the molecule is CCNC(=NCc1ccc(F)c(COC)c1)N1CCN(Cc2cc(C)on2)CC1. The zero-order chi connectivity index (χ0) is 20.6. The van der Waals surface area contributed by atoms with Gasteiger partial charge in [0.15, 0.2) is 5.96 Å². The van der Waals surface area contributed by atoms with Gasteiger partial charge in [0.1, 0.15) is 11.6 Å². The first-order valence-corrected chi connectivity index (χ1v) is 10.0. The highest BCUT2D eigenvalue weighted by Gasteiger charge is 2.20. The molecule has 0 aliphatic carbocycles. The smallest absolute Gasteiger partial charge is 0.194 e. The highest BCUT2D eigenvalue weighted by atomic mass is 19.1. The lowest BCUT2D eigenvalue weighted by Crippen LogP contribution is -2.52. The van der Waals surface area contributed by atoms with Gasteiger partial charge in [-0.15, -0.1) is 0 Å². The normalized spacial score (nSPS) is 15.7. The number of hydrogen-bond donors (Lipinski definition) is 1. The predicted octanol–water partition coefficient (Wildman–Crippen LogP) is 2.55. The third-order valence-electron chi connectivity index (χ3n) is 4.89. The summed E-state index contributed by atoms with van der Waals surface area (Å²) in [7, 11) is 1.57. The second kappa shape index (κ2) is 10.4. The van der Waals surface area contributed by atoms with Gasteiger partial charge in [-0.1, -0.05) is 11.2 Å². The van der Waals surface area contributed by atoms with Crippen LogP contribution in [0.4, 0.5) is 4.39 Å². The Balaban J connectivity index is 1.59. The van der Waals surface area contributed by atoms with Gasteiger partial charge in [0.25, 0.3) is 0 Å². The number of benzene rings is 1. The molecule has 0 atom stereocenters. The van der Waals surface area contributed by atoms with Gasteiger partial charge >= 0.3 is 0 Å². The van der Waals surface area contributed by atoms with E-state index in [1.807, 2.05) is 19.1 Å². The number of halogens is 1. The molecule has 1 N–H and O–H groups in total. The molecule has 29 heavy (non-hydrogen) atoms. The van der Waals surface area contributed by atoms with Crippen LogP contribution in [0.5, 0.6) is 0 Å². The number of ether oxygens (including phenoxy) is 1. The molecule has 1 aliphatic heterocycles. The number of aromatic nitrogens is 1. The molecule has 1 aliphatic rings. The molecule has 0 amide bonds. The number of nitrogens with one attached hydrogen (secondary N) is 1. The Bertz CT molecular complexity index is 815. The van der Waals surface area contributed by atoms with E-state index in [9.17, 15) is 4.39 Å². The zero-order valence-electron chi connectivity index (χ0n) is 17.4. The first kappa shape index (κ1) is 21.3. The number of methoxy groups -OCH3 is 1. The van der Waals surface area contributed by atoms with E-state index in [0.29, 0.717) is 12.1 Å². The van der Waals surface area contributed by atoms with Gasteiger partial charge in [-0.25, -0.2) is 9.38 Å². The van der Waals surface area contributed by atoms with Gasteiger partial charge < -0.3 is 19.5 Å². The van der Waals surface area contributed by atoms with Crippen molar-refractivity contribution < 1.29 is 13.7 Å². The summed E-state index contributed by atoms with van der Waals surface area (Å²) in [6.45, 7) is 9.98. The summed E-state index contributed by atoms with van der Waals surface area (Å²) in [6.07, 6.45) is 0. The molecule has 3 rings (SSSR count). The van der Waals surface area contributed by atoms with E-state index in [0.717, 1.165) is 62.2 Å². The van der Waals surface area contributed by atoms with Crippen molar-refractivity contribution in [1.82, 2.24) is 20.3 Å². The van der Waals surface area contributed by atoms with Crippen molar-refractivity contribution in [3.63, 3.8) is 0 Å². The molecule has 0 spiro atoms. The van der Waals surface area contributed by atoms with Crippen LogP contribution in [0, 0.1) is 12.7 Å². The van der Waals surface area contributed by atoms with Crippen LogP contribution < -0.4 is 5.32 Å². The van der Waals surface area contributed by atoms with Crippen molar-refractivity contribution in [2.24, 2.45) is 4.99 Å². The summed E-state index contributed by atoms with van der Waals surface area (Å²) < 4.78 is 24.0. The minimum atomic E-state index is -0.245. The maximum atomic E-state index is 13.8. The Morgan fingerprint density at radius 1 is 1.28 bits per heavy atom. The predicted molar refractivity (Wildman–Crippen MR) is 110 cm³/mol. The lowest BCUT2D eigenvalue weighted by atomic mass is 10.1. The van der Waals surface area contributed by atoms with Crippen LogP contribution in [0.15, 0.2) is 33.8 Å². The van der Waals surface area contributed by atoms with E-state index < -0.39 is 0 Å². The molecular formula is C21H30FN5O2. The van der Waals surface area contributed by atoms with E-state index in [1.54, 1.807) is 13.2 Å². The molecule has 0 saturated carbocycles. The minimum absolute atomic E-state index is 0.245. The van der Waals surface area contributed by atoms with E-state index >= 15 is 0 Å². The molecule has 0 radical (unpaired) electrons. The maximum Gasteiger partial charge on any atom is 0.194 e. The molecule has 1 aromatic carbocycles. The molecule has 8 heteroatoms. The number of rotatable bonds is 7. The molecule has 1 saturated heterocycles. The van der Waals surface area contributed by atoms with Crippen LogP contribution in [0.3, 0.4) is 0 Å². The van der Waals surface area contributed by atoms with Gasteiger partial charge in [-0.3, -0.25) is 4.90 Å². The molecule has 1 fully saturated rings. The van der Waals surface area contributed by atoms with Crippen molar-refractivity contribution in [2.45, 2.75) is 33.5 Å². The Morgan fingerprint density at radius 3 is 2.72 bits per heavy atom. The van der Waals surface area contributed by atoms with Crippen molar-refractivity contribution in [1.29, 1.82) is 0 Å². The average molecular weight is 404 g/mol. The van der Waals surface area contributed by atoms with Crippen LogP contribution in [-0.2, 0) is 24.4 Å². The summed E-state index contributed by atoms with van der Waals surface area (Å²) in [5.74, 6) is 1.49. The fourth-order valence-corrected chi connectivity index (χ4v) is 3.42. The summed E-state index contributed by atoms with van der Waals surface area (Å²) in [5.41, 5.74) is 2.50. The zero-order valence-corrected chi connectivity index (χ0v) is 17.4. The first-order valence-electron chi connectivity index (χ1n) is 10.0. The highest BCUT2D eigenvalue weighted by Crippen LogP contribution is 2.13. The average Bonchev–Trinajstić information content (AvgIpc) is 3.13. The summed E-state index contributed by atoms with van der Waals surface area (Å²) in [4.78, 5) is 9.41. The second-order valence-corrected chi connectivity index (χ2v) is 7.22. The Morgan fingerprint density at radius 2 is 2.07 bits per heavy atom. The van der Waals surface area contributed by atoms with Gasteiger partial charge in [0.05, 0.1) is 18.8 Å². The van der Waals surface area contributed by atoms with E-state index in [4.69, 9.17) is 14.3 Å². The lowest BCUT2D eigenvalue weighted by Gasteiger charge is -2.36. The molecule has 2 aromatic rings. The number of hydrogen-bond acceptors (Lipinski definition) is 5. The van der Waals surface area contributed by atoms with Gasteiger partial charge in [0.2, 0.25) is 0 Å². The highest BCUT2D eigenvalue weighted by molar-refractivity contribution is 5.80.